The molecule has 0 spiro atoms. The number of hydrogen-bond acceptors (Lipinski definition) is 5. The van der Waals surface area contributed by atoms with E-state index in [1.54, 1.807) is 38.5 Å². The minimum Gasteiger partial charge on any atom is -0.497 e. The van der Waals surface area contributed by atoms with Gasteiger partial charge in [-0.3, -0.25) is 9.78 Å². The normalized spacial score (nSPS) is 18.3. The molecule has 0 radical (unpaired) electrons. The number of ether oxygens (including phenoxy) is 2. The molecule has 1 fully saturated rings. The predicted molar refractivity (Wildman–Crippen MR) is 108 cm³/mol. The van der Waals surface area contributed by atoms with E-state index in [0.717, 1.165) is 11.1 Å². The maximum absolute atomic E-state index is 14.5. The number of carbonyl (C=O) groups excluding carboxylic acids is 1. The molecule has 4 rings (SSSR count). The molecule has 1 amide bonds. The van der Waals surface area contributed by atoms with Crippen molar-refractivity contribution in [1.82, 2.24) is 9.88 Å². The topological polar surface area (TPSA) is 71.9 Å². The first-order valence-electron chi connectivity index (χ1n) is 9.43. The molecule has 154 valence electrons. The second kappa shape index (κ2) is 8.12. The Hall–Kier alpha value is -3.45. The summed E-state index contributed by atoms with van der Waals surface area (Å²) < 4.78 is 24.9. The zero-order valence-electron chi connectivity index (χ0n) is 16.5. The fourth-order valence-corrected chi connectivity index (χ4v) is 3.77. The van der Waals surface area contributed by atoms with Crippen molar-refractivity contribution in [2.24, 2.45) is 0 Å². The van der Waals surface area contributed by atoms with Crippen LogP contribution in [0.4, 0.5) is 4.39 Å². The first-order chi connectivity index (χ1) is 14.5. The molecular formula is C23H21FN2O4. The van der Waals surface area contributed by atoms with Crippen LogP contribution in [0.15, 0.2) is 66.9 Å². The Morgan fingerprint density at radius 2 is 1.50 bits per heavy atom. The van der Waals surface area contributed by atoms with Gasteiger partial charge in [-0.05, 0) is 47.5 Å². The molecule has 0 bridgehead atoms. The zero-order valence-corrected chi connectivity index (χ0v) is 16.5. The maximum Gasteiger partial charge on any atom is 0.255 e. The highest BCUT2D eigenvalue weighted by Gasteiger charge is 2.52. The quantitative estimate of drug-likeness (QED) is 0.634. The number of likely N-dealkylation sites (tertiary alicyclic amines) is 1. The summed E-state index contributed by atoms with van der Waals surface area (Å²) in [4.78, 5) is 18.3. The van der Waals surface area contributed by atoms with Gasteiger partial charge in [-0.1, -0.05) is 24.3 Å². The molecular weight excluding hydrogens is 387 g/mol. The Balaban J connectivity index is 1.81. The van der Waals surface area contributed by atoms with Crippen molar-refractivity contribution in [3.8, 4) is 11.5 Å². The van der Waals surface area contributed by atoms with Gasteiger partial charge in [0, 0.05) is 6.20 Å². The van der Waals surface area contributed by atoms with Gasteiger partial charge in [0.15, 0.2) is 6.10 Å². The fourth-order valence-electron chi connectivity index (χ4n) is 3.77. The van der Waals surface area contributed by atoms with E-state index < -0.39 is 29.9 Å². The number of nitrogens with zero attached hydrogens (tertiary/aromatic N) is 2. The smallest absolute Gasteiger partial charge is 0.255 e. The van der Waals surface area contributed by atoms with E-state index in [1.807, 2.05) is 24.3 Å². The number of amides is 1. The predicted octanol–water partition coefficient (Wildman–Crippen LogP) is 3.27. The number of aliphatic hydroxyl groups excluding tert-OH is 1. The van der Waals surface area contributed by atoms with Gasteiger partial charge in [0.1, 0.15) is 29.1 Å². The van der Waals surface area contributed by atoms with Gasteiger partial charge in [-0.2, -0.15) is 0 Å². The van der Waals surface area contributed by atoms with E-state index in [-0.39, 0.29) is 5.69 Å². The average molecular weight is 408 g/mol. The van der Waals surface area contributed by atoms with Gasteiger partial charge in [-0.25, -0.2) is 4.39 Å². The summed E-state index contributed by atoms with van der Waals surface area (Å²) in [5.74, 6) is 0.299. The Morgan fingerprint density at radius 1 is 0.967 bits per heavy atom. The molecule has 30 heavy (non-hydrogen) atoms. The van der Waals surface area contributed by atoms with E-state index >= 15 is 0 Å². The third kappa shape index (κ3) is 3.37. The number of halogens is 1. The second-order valence-electron chi connectivity index (χ2n) is 6.95. The number of carbonyl (C=O) groups is 1. The van der Waals surface area contributed by atoms with Crippen LogP contribution in [0, 0.1) is 5.82 Å². The molecule has 1 aliphatic rings. The Labute approximate surface area is 173 Å². The van der Waals surface area contributed by atoms with Crippen LogP contribution in [0.3, 0.4) is 0 Å². The molecule has 1 aliphatic heterocycles. The van der Waals surface area contributed by atoms with Gasteiger partial charge < -0.3 is 19.5 Å². The lowest BCUT2D eigenvalue weighted by molar-refractivity contribution is -0.172. The maximum atomic E-state index is 14.5. The van der Waals surface area contributed by atoms with Gasteiger partial charge in [0.25, 0.3) is 5.91 Å². The van der Waals surface area contributed by atoms with E-state index in [0.29, 0.717) is 11.5 Å². The van der Waals surface area contributed by atoms with Crippen molar-refractivity contribution in [3.63, 3.8) is 0 Å². The standard InChI is InChI=1S/C23H21FN2O4/c1-29-16-9-5-14(6-10-16)20(15-7-11-17(30-2)12-8-15)26-21(22(27)23(26)28)19-18(24)4-3-13-25-19/h3-13,20-22,27H,1-2H3/t21-,22+/m1/s1. The van der Waals surface area contributed by atoms with Crippen molar-refractivity contribution >= 4 is 5.91 Å². The molecule has 0 unspecified atom stereocenters. The Bertz CT molecular complexity index is 992. The number of β-lactam (4-membered cyclic amide) rings is 1. The molecule has 7 heteroatoms. The Kier molecular flexibility index (Phi) is 5.37. The largest absolute Gasteiger partial charge is 0.497 e. The zero-order chi connectivity index (χ0) is 21.3. The van der Waals surface area contributed by atoms with Crippen molar-refractivity contribution in [2.75, 3.05) is 14.2 Å². The fraction of sp³-hybridized carbons (Fsp3) is 0.217. The van der Waals surface area contributed by atoms with Gasteiger partial charge in [-0.15, -0.1) is 0 Å². The lowest BCUT2D eigenvalue weighted by atomic mass is 9.86. The third-order valence-electron chi connectivity index (χ3n) is 5.31. The van der Waals surface area contributed by atoms with Crippen LogP contribution >= 0.6 is 0 Å². The van der Waals surface area contributed by atoms with Crippen LogP contribution in [-0.2, 0) is 4.79 Å². The van der Waals surface area contributed by atoms with E-state index in [1.165, 1.54) is 23.2 Å². The van der Waals surface area contributed by atoms with Crippen molar-refractivity contribution in [1.29, 1.82) is 0 Å². The first kappa shape index (κ1) is 19.8. The molecule has 0 aliphatic carbocycles. The van der Waals surface area contributed by atoms with Crippen LogP contribution in [0.25, 0.3) is 0 Å². The summed E-state index contributed by atoms with van der Waals surface area (Å²) >= 11 is 0. The van der Waals surface area contributed by atoms with E-state index in [9.17, 15) is 14.3 Å². The van der Waals surface area contributed by atoms with Crippen molar-refractivity contribution in [2.45, 2.75) is 18.2 Å². The summed E-state index contributed by atoms with van der Waals surface area (Å²) in [5.41, 5.74) is 1.63. The van der Waals surface area contributed by atoms with Crippen LogP contribution in [0.2, 0.25) is 0 Å². The van der Waals surface area contributed by atoms with E-state index in [4.69, 9.17) is 9.47 Å². The van der Waals surface area contributed by atoms with Gasteiger partial charge >= 0.3 is 0 Å². The summed E-state index contributed by atoms with van der Waals surface area (Å²) in [6.45, 7) is 0. The number of benzene rings is 2. The Morgan fingerprint density at radius 3 is 1.97 bits per heavy atom. The lowest BCUT2D eigenvalue weighted by Crippen LogP contribution is -2.60. The number of hydrogen-bond donors (Lipinski definition) is 1. The molecule has 2 aromatic carbocycles. The van der Waals surface area contributed by atoms with Crippen molar-refractivity contribution < 1.29 is 23.8 Å². The van der Waals surface area contributed by atoms with E-state index in [2.05, 4.69) is 4.98 Å². The van der Waals surface area contributed by atoms with Gasteiger partial charge in [0.05, 0.1) is 20.3 Å². The SMILES string of the molecule is COc1ccc(C(c2ccc(OC)cc2)N2C(=O)[C@@H](O)[C@H]2c2ncccc2F)cc1. The molecule has 3 aromatic rings. The van der Waals surface area contributed by atoms with Crippen LogP contribution in [0.1, 0.15) is 28.9 Å². The summed E-state index contributed by atoms with van der Waals surface area (Å²) in [6.07, 6.45) is 0.0930. The summed E-state index contributed by atoms with van der Waals surface area (Å²) in [5, 5.41) is 10.4. The minimum absolute atomic E-state index is 0.0385. The highest BCUT2D eigenvalue weighted by atomic mass is 19.1. The highest BCUT2D eigenvalue weighted by Crippen LogP contribution is 2.44. The number of methoxy groups -OCH3 is 2. The molecule has 6 nitrogen and oxygen atoms in total. The first-order valence-corrected chi connectivity index (χ1v) is 9.43. The molecule has 0 saturated carbocycles. The molecule has 1 N–H and O–H groups in total. The van der Waals surface area contributed by atoms with Crippen LogP contribution in [-0.4, -0.2) is 41.2 Å². The number of pyridine rings is 1. The van der Waals surface area contributed by atoms with Crippen LogP contribution in [0.5, 0.6) is 11.5 Å². The molecule has 1 saturated heterocycles. The molecule has 2 heterocycles. The van der Waals surface area contributed by atoms with Crippen molar-refractivity contribution in [3.05, 3.63) is 89.5 Å². The number of aliphatic hydroxyl groups is 1. The monoisotopic (exact) mass is 408 g/mol. The third-order valence-corrected chi connectivity index (χ3v) is 5.31. The minimum atomic E-state index is -1.35. The lowest BCUT2D eigenvalue weighted by Gasteiger charge is -2.48. The van der Waals surface area contributed by atoms with Crippen LogP contribution < -0.4 is 9.47 Å². The molecule has 2 atom stereocenters. The summed E-state index contributed by atoms with van der Waals surface area (Å²) in [7, 11) is 3.15. The molecule has 1 aromatic heterocycles. The number of aromatic nitrogens is 1. The van der Waals surface area contributed by atoms with Gasteiger partial charge in [0.2, 0.25) is 0 Å². The second-order valence-corrected chi connectivity index (χ2v) is 6.95. The number of rotatable bonds is 6. The summed E-state index contributed by atoms with van der Waals surface area (Å²) in [6, 6.07) is 15.9. The average Bonchev–Trinajstić information content (AvgIpc) is 2.80. The highest BCUT2D eigenvalue weighted by molar-refractivity contribution is 5.89.